The minimum atomic E-state index is -1.76. The van der Waals surface area contributed by atoms with Gasteiger partial charge in [-0.05, 0) is 24.3 Å². The van der Waals surface area contributed by atoms with E-state index in [-0.39, 0.29) is 5.75 Å². The Morgan fingerprint density at radius 3 is 2.61 bits per heavy atom. The van der Waals surface area contributed by atoms with Crippen molar-refractivity contribution in [2.24, 2.45) is 0 Å². The minimum absolute atomic E-state index is 0.143. The molecule has 1 aromatic heterocycles. The molecule has 0 radical (unpaired) electrons. The van der Waals surface area contributed by atoms with E-state index < -0.39 is 16.4 Å². The number of nitrogens with zero attached hydrogens (tertiary/aromatic N) is 1. The molecule has 2 N–H and O–H groups in total. The summed E-state index contributed by atoms with van der Waals surface area (Å²) < 4.78 is 37.2. The Morgan fingerprint density at radius 1 is 1.22 bits per heavy atom. The molecule has 0 bridgehead atoms. The molecule has 0 aliphatic carbocycles. The van der Waals surface area contributed by atoms with Crippen LogP contribution in [0.5, 0.6) is 5.75 Å². The Labute approximate surface area is 134 Å². The number of halogens is 1. The molecule has 23 heavy (non-hydrogen) atoms. The van der Waals surface area contributed by atoms with Crippen LogP contribution in [0.1, 0.15) is 0 Å². The fourth-order valence-electron chi connectivity index (χ4n) is 2.23. The Kier molecular flexibility index (Phi) is 4.12. The molecule has 0 aliphatic heterocycles. The van der Waals surface area contributed by atoms with Crippen LogP contribution in [0.15, 0.2) is 53.6 Å². The molecule has 118 valence electrons. The van der Waals surface area contributed by atoms with Crippen LogP contribution in [0.2, 0.25) is 0 Å². The average Bonchev–Trinajstić information content (AvgIpc) is 2.55. The number of benzene rings is 2. The van der Waals surface area contributed by atoms with E-state index >= 15 is 0 Å². The van der Waals surface area contributed by atoms with Gasteiger partial charge in [-0.1, -0.05) is 17.0 Å². The van der Waals surface area contributed by atoms with Gasteiger partial charge in [-0.3, -0.25) is 4.98 Å². The van der Waals surface area contributed by atoms with E-state index in [0.29, 0.717) is 21.5 Å². The van der Waals surface area contributed by atoms with Crippen molar-refractivity contribution in [2.45, 2.75) is 4.90 Å². The number of hydrogen-bond acceptors (Lipinski definition) is 6. The zero-order chi connectivity index (χ0) is 16.4. The van der Waals surface area contributed by atoms with Gasteiger partial charge in [-0.15, -0.1) is 0 Å². The Balaban J connectivity index is 2.01. The zero-order valence-corrected chi connectivity index (χ0v) is 13.0. The smallest absolute Gasteiger partial charge is 0.165 e. The monoisotopic (exact) mass is 330 g/mol. The van der Waals surface area contributed by atoms with E-state index in [4.69, 9.17) is 9.52 Å². The normalized spacial score (nSPS) is 10.9. The molecule has 0 saturated carbocycles. The summed E-state index contributed by atoms with van der Waals surface area (Å²) in [6.07, 6.45) is 1.62. The van der Waals surface area contributed by atoms with Gasteiger partial charge in [-0.25, -0.2) is 4.39 Å². The lowest BCUT2D eigenvalue weighted by atomic mass is 10.1. The molecule has 3 rings (SSSR count). The number of pyridine rings is 1. The summed E-state index contributed by atoms with van der Waals surface area (Å²) in [6, 6.07) is 11.3. The fourth-order valence-corrected chi connectivity index (χ4v) is 2.61. The van der Waals surface area contributed by atoms with E-state index in [2.05, 4.69) is 10.3 Å². The lowest BCUT2D eigenvalue weighted by Crippen LogP contribution is -1.95. The van der Waals surface area contributed by atoms with Crippen molar-refractivity contribution in [1.29, 1.82) is 4.78 Å². The summed E-state index contributed by atoms with van der Waals surface area (Å²) >= 11 is 0. The first kappa shape index (κ1) is 15.2. The molecule has 0 saturated heterocycles. The Hall–Kier alpha value is -2.67. The molecular weight excluding hydrogens is 317 g/mol. The third-order valence-electron chi connectivity index (χ3n) is 3.36. The van der Waals surface area contributed by atoms with Gasteiger partial charge in [0, 0.05) is 29.0 Å². The van der Waals surface area contributed by atoms with Crippen LogP contribution >= 0.6 is 0 Å². The highest BCUT2D eigenvalue weighted by Gasteiger charge is 2.09. The van der Waals surface area contributed by atoms with Crippen molar-refractivity contribution in [2.75, 3.05) is 12.4 Å². The maximum Gasteiger partial charge on any atom is 0.165 e. The van der Waals surface area contributed by atoms with Crippen LogP contribution in [0.4, 0.5) is 15.8 Å². The molecule has 1 heterocycles. The van der Waals surface area contributed by atoms with Crippen LogP contribution in [-0.2, 0) is 14.8 Å². The van der Waals surface area contributed by atoms with Gasteiger partial charge < -0.3 is 19.0 Å². The third-order valence-corrected chi connectivity index (χ3v) is 4.06. The van der Waals surface area contributed by atoms with Crippen LogP contribution in [0.25, 0.3) is 10.9 Å². The van der Waals surface area contributed by atoms with Crippen molar-refractivity contribution in [3.8, 4) is 5.75 Å². The number of aromatic nitrogens is 1. The van der Waals surface area contributed by atoms with Gasteiger partial charge in [0.15, 0.2) is 11.6 Å². The first-order valence-corrected chi connectivity index (χ1v) is 7.86. The number of methoxy groups -OCH3 is 1. The Bertz CT molecular complexity index is 932. The lowest BCUT2D eigenvalue weighted by molar-refractivity contribution is 0.387. The van der Waals surface area contributed by atoms with Crippen molar-refractivity contribution >= 4 is 32.9 Å². The van der Waals surface area contributed by atoms with Crippen LogP contribution in [0, 0.1) is 10.6 Å². The first-order chi connectivity index (χ1) is 11.1. The van der Waals surface area contributed by atoms with Gasteiger partial charge in [0.2, 0.25) is 0 Å². The summed E-state index contributed by atoms with van der Waals surface area (Å²) in [5, 5.41) is 3.79. The summed E-state index contributed by atoms with van der Waals surface area (Å²) in [5.41, 5.74) is 2.04. The second kappa shape index (κ2) is 6.21. The number of rotatable bonds is 4. The molecule has 5 nitrogen and oxygen atoms in total. The van der Waals surface area contributed by atoms with Gasteiger partial charge >= 0.3 is 0 Å². The molecule has 0 aliphatic rings. The lowest BCUT2D eigenvalue weighted by Gasteiger charge is -2.12. The molecule has 0 atom stereocenters. The average molecular weight is 330 g/mol. The molecule has 7 heteroatoms. The van der Waals surface area contributed by atoms with Crippen LogP contribution in [-0.4, -0.2) is 12.1 Å². The first-order valence-electron chi connectivity index (χ1n) is 6.71. The number of anilines is 2. The maximum atomic E-state index is 13.9. The molecule has 0 amide bonds. The zero-order valence-electron chi connectivity index (χ0n) is 12.2. The molecule has 0 spiro atoms. The van der Waals surface area contributed by atoms with Gasteiger partial charge in [0.05, 0.1) is 12.6 Å². The fraction of sp³-hybridized carbons (Fsp3) is 0.0625. The van der Waals surface area contributed by atoms with Crippen LogP contribution < -0.4 is 10.1 Å². The highest BCUT2D eigenvalue weighted by molar-refractivity contribution is 7.73. The van der Waals surface area contributed by atoms with E-state index in [0.717, 1.165) is 5.69 Å². The standard InChI is InChI=1S/C16H13FN3O2S/c1-22-16-9-15-12(8-13(16)17)14(6-7-19-15)20-10-2-4-11(5-3-10)23(18)21/h2-9,18H,1H3,(H,19,20)/q-1. The third kappa shape index (κ3) is 3.09. The van der Waals surface area contributed by atoms with E-state index in [9.17, 15) is 8.60 Å². The predicted octanol–water partition coefficient (Wildman–Crippen LogP) is 4.21. The summed E-state index contributed by atoms with van der Waals surface area (Å²) in [4.78, 5) is 4.64. The SMILES string of the molecule is COc1cc2nccc(Nc3ccc([S-](=N)=O)cc3)c2cc1F. The van der Waals surface area contributed by atoms with Gasteiger partial charge in [0.25, 0.3) is 0 Å². The van der Waals surface area contributed by atoms with Crippen molar-refractivity contribution in [3.05, 3.63) is 54.5 Å². The van der Waals surface area contributed by atoms with Crippen molar-refractivity contribution in [3.63, 3.8) is 0 Å². The van der Waals surface area contributed by atoms with Crippen LogP contribution in [0.3, 0.4) is 0 Å². The Morgan fingerprint density at radius 2 is 1.96 bits per heavy atom. The minimum Gasteiger partial charge on any atom is -0.494 e. The number of fused-ring (bicyclic) bond motifs is 1. The van der Waals surface area contributed by atoms with E-state index in [1.807, 2.05) is 0 Å². The second-order valence-electron chi connectivity index (χ2n) is 4.78. The highest BCUT2D eigenvalue weighted by Crippen LogP contribution is 2.30. The molecular formula is C16H13FN3O2S-. The second-order valence-corrected chi connectivity index (χ2v) is 5.79. The van der Waals surface area contributed by atoms with Crippen molar-refractivity contribution < 1.29 is 13.3 Å². The maximum absolute atomic E-state index is 13.9. The largest absolute Gasteiger partial charge is 0.494 e. The number of hydrogen-bond donors (Lipinski definition) is 2. The predicted molar refractivity (Wildman–Crippen MR) is 87.0 cm³/mol. The molecule has 0 unspecified atom stereocenters. The van der Waals surface area contributed by atoms with Gasteiger partial charge in [-0.2, -0.15) is 10.6 Å². The van der Waals surface area contributed by atoms with Crippen molar-refractivity contribution in [1.82, 2.24) is 4.98 Å². The highest BCUT2D eigenvalue weighted by atomic mass is 32.2. The van der Waals surface area contributed by atoms with Gasteiger partial charge in [0.1, 0.15) is 0 Å². The number of ether oxygens (including phenoxy) is 1. The summed E-state index contributed by atoms with van der Waals surface area (Å²) in [6.45, 7) is 0. The summed E-state index contributed by atoms with van der Waals surface area (Å²) in [5.74, 6) is -0.319. The van der Waals surface area contributed by atoms with E-state index in [1.54, 1.807) is 42.6 Å². The quantitative estimate of drug-likeness (QED) is 0.703. The topological polar surface area (TPSA) is 75.1 Å². The molecule has 2 aromatic carbocycles. The summed E-state index contributed by atoms with van der Waals surface area (Å²) in [7, 11) is -0.357. The molecule has 0 fully saturated rings. The van der Waals surface area contributed by atoms with E-state index in [1.165, 1.54) is 13.2 Å². The molecule has 3 aromatic rings. The number of nitrogens with one attached hydrogen (secondary N) is 2.